The van der Waals surface area contributed by atoms with Gasteiger partial charge in [0.05, 0.1) is 16.8 Å². The minimum atomic E-state index is -3.63. The molecule has 0 aromatic heterocycles. The van der Waals surface area contributed by atoms with Gasteiger partial charge in [0.2, 0.25) is 6.79 Å². The Morgan fingerprint density at radius 2 is 1.89 bits per heavy atom. The van der Waals surface area contributed by atoms with E-state index < -0.39 is 20.5 Å². The maximum Gasteiger partial charge on any atom is 0.231 e. The lowest BCUT2D eigenvalue weighted by atomic mass is 9.99. The number of ether oxygens (including phenoxy) is 3. The SMILES string of the molecule is COC[C@]1(CN)[C@@H](c2ccc3c(c2)OCO3)[C@@H]1S(=O)(=O)c1ccc(Cl)cc1. The van der Waals surface area contributed by atoms with Gasteiger partial charge >= 0.3 is 0 Å². The fourth-order valence-electron chi connectivity index (χ4n) is 4.07. The summed E-state index contributed by atoms with van der Waals surface area (Å²) >= 11 is 5.91. The first kappa shape index (κ1) is 18.6. The number of fused-ring (bicyclic) bond motifs is 1. The zero-order chi connectivity index (χ0) is 19.2. The molecule has 144 valence electrons. The highest BCUT2D eigenvalue weighted by Crippen LogP contribution is 2.64. The van der Waals surface area contributed by atoms with Gasteiger partial charge in [0.25, 0.3) is 0 Å². The van der Waals surface area contributed by atoms with Crippen molar-refractivity contribution in [1.82, 2.24) is 0 Å². The van der Waals surface area contributed by atoms with Gasteiger partial charge in [-0.1, -0.05) is 17.7 Å². The van der Waals surface area contributed by atoms with Crippen LogP contribution in [0.4, 0.5) is 0 Å². The Hall–Kier alpha value is -1.80. The van der Waals surface area contributed by atoms with Gasteiger partial charge in [-0.15, -0.1) is 0 Å². The first-order valence-corrected chi connectivity index (χ1v) is 10.4. The maximum atomic E-state index is 13.4. The van der Waals surface area contributed by atoms with E-state index in [0.717, 1.165) is 5.56 Å². The highest BCUT2D eigenvalue weighted by molar-refractivity contribution is 7.92. The molecule has 1 saturated carbocycles. The normalized spacial score (nSPS) is 26.2. The lowest BCUT2D eigenvalue weighted by molar-refractivity contribution is 0.142. The predicted molar refractivity (Wildman–Crippen MR) is 101 cm³/mol. The molecule has 2 aromatic rings. The van der Waals surface area contributed by atoms with Crippen molar-refractivity contribution in [2.45, 2.75) is 16.1 Å². The van der Waals surface area contributed by atoms with Crippen LogP contribution in [0.5, 0.6) is 11.5 Å². The molecule has 8 heteroatoms. The number of rotatable bonds is 6. The van der Waals surface area contributed by atoms with Gasteiger partial charge in [-0.25, -0.2) is 8.42 Å². The first-order chi connectivity index (χ1) is 12.9. The van der Waals surface area contributed by atoms with Gasteiger partial charge in [-0.3, -0.25) is 0 Å². The van der Waals surface area contributed by atoms with E-state index in [0.29, 0.717) is 16.5 Å². The molecule has 27 heavy (non-hydrogen) atoms. The molecular formula is C19H20ClNO5S. The van der Waals surface area contributed by atoms with Crippen molar-refractivity contribution in [1.29, 1.82) is 0 Å². The molecular weight excluding hydrogens is 390 g/mol. The molecule has 2 aromatic carbocycles. The van der Waals surface area contributed by atoms with E-state index in [2.05, 4.69) is 0 Å². The van der Waals surface area contributed by atoms with Gasteiger partial charge in [0.1, 0.15) is 0 Å². The summed E-state index contributed by atoms with van der Waals surface area (Å²) in [6.07, 6.45) is 0. The van der Waals surface area contributed by atoms with E-state index in [1.807, 2.05) is 12.1 Å². The largest absolute Gasteiger partial charge is 0.454 e. The Balaban J connectivity index is 1.76. The fraction of sp³-hybridized carbons (Fsp3) is 0.368. The number of methoxy groups -OCH3 is 1. The molecule has 4 rings (SSSR count). The van der Waals surface area contributed by atoms with E-state index >= 15 is 0 Å². The van der Waals surface area contributed by atoms with Crippen LogP contribution in [0.1, 0.15) is 11.5 Å². The van der Waals surface area contributed by atoms with Gasteiger partial charge in [-0.2, -0.15) is 0 Å². The van der Waals surface area contributed by atoms with Crippen molar-refractivity contribution in [3.05, 3.63) is 53.1 Å². The van der Waals surface area contributed by atoms with Crippen LogP contribution in [0.2, 0.25) is 5.02 Å². The summed E-state index contributed by atoms with van der Waals surface area (Å²) in [5.74, 6) is 0.976. The van der Waals surface area contributed by atoms with Crippen molar-refractivity contribution < 1.29 is 22.6 Å². The van der Waals surface area contributed by atoms with Gasteiger partial charge in [0.15, 0.2) is 21.3 Å². The summed E-state index contributed by atoms with van der Waals surface area (Å²) in [6, 6.07) is 11.7. The molecule has 0 unspecified atom stereocenters. The van der Waals surface area contributed by atoms with E-state index in [-0.39, 0.29) is 30.8 Å². The topological polar surface area (TPSA) is 87.8 Å². The van der Waals surface area contributed by atoms with Crippen LogP contribution in [0.15, 0.2) is 47.4 Å². The number of benzene rings is 2. The number of nitrogens with two attached hydrogens (primary N) is 1. The zero-order valence-electron chi connectivity index (χ0n) is 14.7. The molecule has 0 radical (unpaired) electrons. The van der Waals surface area contributed by atoms with Crippen molar-refractivity contribution in [2.75, 3.05) is 27.1 Å². The quantitative estimate of drug-likeness (QED) is 0.789. The van der Waals surface area contributed by atoms with Crippen LogP contribution < -0.4 is 15.2 Å². The van der Waals surface area contributed by atoms with Crippen molar-refractivity contribution in [3.63, 3.8) is 0 Å². The van der Waals surface area contributed by atoms with Crippen molar-refractivity contribution in [2.24, 2.45) is 11.1 Å². The highest BCUT2D eigenvalue weighted by Gasteiger charge is 2.70. The third-order valence-corrected chi connectivity index (χ3v) is 8.00. The van der Waals surface area contributed by atoms with Crippen molar-refractivity contribution in [3.8, 4) is 11.5 Å². The summed E-state index contributed by atoms with van der Waals surface area (Å²) in [7, 11) is -2.07. The second-order valence-corrected chi connectivity index (χ2v) is 9.39. The first-order valence-electron chi connectivity index (χ1n) is 8.52. The molecule has 1 aliphatic carbocycles. The Labute approximate surface area is 163 Å². The Morgan fingerprint density at radius 1 is 1.19 bits per heavy atom. The number of hydrogen-bond acceptors (Lipinski definition) is 6. The third kappa shape index (κ3) is 2.89. The molecule has 0 spiro atoms. The van der Waals surface area contributed by atoms with Crippen LogP contribution in [-0.4, -0.2) is 40.7 Å². The van der Waals surface area contributed by atoms with Crippen LogP contribution in [0.3, 0.4) is 0 Å². The Bertz CT molecular complexity index is 963. The standard InChI is InChI=1S/C19H20ClNO5S/c1-24-10-19(9-21)17(12-2-7-15-16(8-12)26-11-25-15)18(19)27(22,23)14-5-3-13(20)4-6-14/h2-8,17-18H,9-11,21H2,1H3/t17-,18-,19+/m0/s1. The van der Waals surface area contributed by atoms with Gasteiger partial charge in [-0.05, 0) is 42.0 Å². The Morgan fingerprint density at radius 3 is 2.56 bits per heavy atom. The molecule has 1 heterocycles. The molecule has 1 aliphatic heterocycles. The molecule has 2 aliphatic rings. The van der Waals surface area contributed by atoms with E-state index in [1.165, 1.54) is 12.1 Å². The van der Waals surface area contributed by atoms with Crippen LogP contribution in [0, 0.1) is 5.41 Å². The lowest BCUT2D eigenvalue weighted by Crippen LogP contribution is -2.28. The van der Waals surface area contributed by atoms with E-state index in [4.69, 9.17) is 31.5 Å². The second kappa shape index (κ2) is 6.67. The summed E-state index contributed by atoms with van der Waals surface area (Å²) in [5.41, 5.74) is 6.22. The molecule has 0 bridgehead atoms. The summed E-state index contributed by atoms with van der Waals surface area (Å²) in [6.45, 7) is 0.605. The third-order valence-electron chi connectivity index (χ3n) is 5.40. The summed E-state index contributed by atoms with van der Waals surface area (Å²) in [5, 5.41) is -0.199. The fourth-order valence-corrected chi connectivity index (χ4v) is 6.64. The van der Waals surface area contributed by atoms with E-state index in [1.54, 1.807) is 25.3 Å². The average Bonchev–Trinajstić information content (AvgIpc) is 3.10. The summed E-state index contributed by atoms with van der Waals surface area (Å²) < 4.78 is 42.9. The second-order valence-electron chi connectivity index (χ2n) is 6.88. The minimum Gasteiger partial charge on any atom is -0.454 e. The van der Waals surface area contributed by atoms with Crippen molar-refractivity contribution >= 4 is 21.4 Å². The number of halogens is 1. The van der Waals surface area contributed by atoms with Gasteiger partial charge < -0.3 is 19.9 Å². The summed E-state index contributed by atoms with van der Waals surface area (Å²) in [4.78, 5) is 0.231. The zero-order valence-corrected chi connectivity index (χ0v) is 16.3. The van der Waals surface area contributed by atoms with Crippen LogP contribution in [-0.2, 0) is 14.6 Å². The monoisotopic (exact) mass is 409 g/mol. The van der Waals surface area contributed by atoms with Crippen LogP contribution >= 0.6 is 11.6 Å². The van der Waals surface area contributed by atoms with E-state index in [9.17, 15) is 8.42 Å². The molecule has 2 N–H and O–H groups in total. The minimum absolute atomic E-state index is 0.163. The number of hydrogen-bond donors (Lipinski definition) is 1. The molecule has 6 nitrogen and oxygen atoms in total. The van der Waals surface area contributed by atoms with Crippen LogP contribution in [0.25, 0.3) is 0 Å². The maximum absolute atomic E-state index is 13.4. The lowest BCUT2D eigenvalue weighted by Gasteiger charge is -2.15. The predicted octanol–water partition coefficient (Wildman–Crippen LogP) is 2.60. The highest BCUT2D eigenvalue weighted by atomic mass is 35.5. The molecule has 1 fully saturated rings. The molecule has 0 amide bonds. The molecule has 3 atom stereocenters. The Kier molecular flexibility index (Phi) is 4.58. The average molecular weight is 410 g/mol. The number of sulfone groups is 1. The smallest absolute Gasteiger partial charge is 0.231 e. The molecule has 0 saturated heterocycles. The van der Waals surface area contributed by atoms with Gasteiger partial charge in [0, 0.05) is 30.0 Å².